The zero-order chi connectivity index (χ0) is 24.1. The highest BCUT2D eigenvalue weighted by Crippen LogP contribution is 2.30. The van der Waals surface area contributed by atoms with Gasteiger partial charge in [-0.1, -0.05) is 42.2 Å². The molecule has 4 aromatic rings. The second-order valence-electron chi connectivity index (χ2n) is 6.92. The van der Waals surface area contributed by atoms with Gasteiger partial charge in [0.2, 0.25) is 11.0 Å². The number of hydrogen-bond acceptors (Lipinski definition) is 9. The predicted octanol–water partition coefficient (Wildman–Crippen LogP) is 4.04. The van der Waals surface area contributed by atoms with Crippen molar-refractivity contribution in [3.05, 3.63) is 60.9 Å². The van der Waals surface area contributed by atoms with Crippen LogP contribution in [0.25, 0.3) is 10.8 Å². The van der Waals surface area contributed by atoms with Gasteiger partial charge in [-0.3, -0.25) is 19.4 Å². The molecular formula is C22H21N5O4S3. The van der Waals surface area contributed by atoms with Crippen molar-refractivity contribution >= 4 is 60.6 Å². The largest absolute Gasteiger partial charge is 0.497 e. The number of amides is 1. The number of carbonyl (C=O) groups excluding carboxylic acids is 1. The maximum absolute atomic E-state index is 13.8. The fraction of sp³-hybridized carbons (Fsp3) is 0.182. The van der Waals surface area contributed by atoms with Gasteiger partial charge in [0.05, 0.1) is 17.7 Å². The van der Waals surface area contributed by atoms with Gasteiger partial charge >= 0.3 is 0 Å². The molecule has 0 spiro atoms. The standard InChI is InChI=1S/C22H21N5O4S3/c1-3-32-22-26-25-21(33-22)24-20(28)14-27(16-7-9-17(31-2)10-8-16)34(29,30)19-6-4-5-15-13-23-12-11-18(15)19/h4-13H,3,14H2,1-2H3,(H,24,25,28). The van der Waals surface area contributed by atoms with Crippen molar-refractivity contribution in [2.45, 2.75) is 16.2 Å². The van der Waals surface area contributed by atoms with Crippen LogP contribution in [0.3, 0.4) is 0 Å². The third kappa shape index (κ3) is 5.13. The number of carbonyl (C=O) groups is 1. The summed E-state index contributed by atoms with van der Waals surface area (Å²) in [6.07, 6.45) is 3.13. The normalized spacial score (nSPS) is 11.4. The zero-order valence-corrected chi connectivity index (χ0v) is 20.8. The summed E-state index contributed by atoms with van der Waals surface area (Å²) in [6, 6.07) is 13.1. The molecule has 0 saturated heterocycles. The molecule has 2 heterocycles. The lowest BCUT2D eigenvalue weighted by atomic mass is 10.2. The lowest BCUT2D eigenvalue weighted by Gasteiger charge is -2.24. The van der Waals surface area contributed by atoms with E-state index in [4.69, 9.17) is 4.74 Å². The van der Waals surface area contributed by atoms with E-state index in [1.165, 1.54) is 42.5 Å². The first-order valence-electron chi connectivity index (χ1n) is 10.2. The molecule has 0 aliphatic carbocycles. The number of sulfonamides is 1. The van der Waals surface area contributed by atoms with E-state index in [0.29, 0.717) is 27.3 Å². The van der Waals surface area contributed by atoms with Crippen molar-refractivity contribution in [3.8, 4) is 5.75 Å². The quantitative estimate of drug-likeness (QED) is 0.262. The van der Waals surface area contributed by atoms with Gasteiger partial charge in [-0.05, 0) is 42.2 Å². The molecule has 0 aliphatic rings. The maximum atomic E-state index is 13.8. The Morgan fingerprint density at radius 3 is 2.68 bits per heavy atom. The summed E-state index contributed by atoms with van der Waals surface area (Å²) < 4.78 is 34.7. The summed E-state index contributed by atoms with van der Waals surface area (Å²) in [7, 11) is -2.60. The van der Waals surface area contributed by atoms with Gasteiger partial charge < -0.3 is 4.74 Å². The molecule has 0 unspecified atom stereocenters. The first kappa shape index (κ1) is 23.9. The average molecular weight is 516 g/mol. The van der Waals surface area contributed by atoms with Crippen molar-refractivity contribution in [2.75, 3.05) is 29.0 Å². The van der Waals surface area contributed by atoms with Gasteiger partial charge in [-0.15, -0.1) is 10.2 Å². The van der Waals surface area contributed by atoms with Gasteiger partial charge in [-0.25, -0.2) is 8.42 Å². The second kappa shape index (κ2) is 10.4. The van der Waals surface area contributed by atoms with Crippen LogP contribution in [-0.2, 0) is 14.8 Å². The fourth-order valence-electron chi connectivity index (χ4n) is 3.23. The van der Waals surface area contributed by atoms with Crippen LogP contribution in [0.15, 0.2) is 70.2 Å². The molecule has 1 amide bonds. The Morgan fingerprint density at radius 2 is 1.94 bits per heavy atom. The summed E-state index contributed by atoms with van der Waals surface area (Å²) in [5, 5.41) is 12.1. The number of fused-ring (bicyclic) bond motifs is 1. The highest BCUT2D eigenvalue weighted by molar-refractivity contribution is 8.01. The Morgan fingerprint density at radius 1 is 1.15 bits per heavy atom. The predicted molar refractivity (Wildman–Crippen MR) is 134 cm³/mol. The van der Waals surface area contributed by atoms with Crippen LogP contribution in [-0.4, -0.2) is 48.9 Å². The number of ether oxygens (including phenoxy) is 1. The molecule has 1 N–H and O–H groups in total. The lowest BCUT2D eigenvalue weighted by Crippen LogP contribution is -2.38. The summed E-state index contributed by atoms with van der Waals surface area (Å²) >= 11 is 2.75. The van der Waals surface area contributed by atoms with E-state index in [0.717, 1.165) is 14.4 Å². The number of rotatable bonds is 9. The summed E-state index contributed by atoms with van der Waals surface area (Å²) in [4.78, 5) is 17.1. The summed E-state index contributed by atoms with van der Waals surface area (Å²) in [6.45, 7) is 1.54. The van der Waals surface area contributed by atoms with E-state index in [1.807, 2.05) is 6.92 Å². The van der Waals surface area contributed by atoms with Crippen molar-refractivity contribution in [2.24, 2.45) is 0 Å². The van der Waals surface area contributed by atoms with Gasteiger partial charge in [0.15, 0.2) is 4.34 Å². The second-order valence-corrected chi connectivity index (χ2v) is 11.2. The van der Waals surface area contributed by atoms with Crippen LogP contribution in [0, 0.1) is 0 Å². The summed E-state index contributed by atoms with van der Waals surface area (Å²) in [5.74, 6) is 0.856. The maximum Gasteiger partial charge on any atom is 0.265 e. The van der Waals surface area contributed by atoms with E-state index in [9.17, 15) is 13.2 Å². The first-order valence-corrected chi connectivity index (χ1v) is 13.4. The molecule has 34 heavy (non-hydrogen) atoms. The minimum atomic E-state index is -4.12. The van der Waals surface area contributed by atoms with E-state index < -0.39 is 22.5 Å². The van der Waals surface area contributed by atoms with Crippen molar-refractivity contribution < 1.29 is 17.9 Å². The highest BCUT2D eigenvalue weighted by atomic mass is 32.2. The molecule has 4 rings (SSSR count). The van der Waals surface area contributed by atoms with Crippen LogP contribution in [0.1, 0.15) is 6.92 Å². The molecule has 0 radical (unpaired) electrons. The fourth-order valence-corrected chi connectivity index (χ4v) is 6.53. The monoisotopic (exact) mass is 515 g/mol. The van der Waals surface area contributed by atoms with E-state index in [1.54, 1.807) is 48.7 Å². The molecule has 2 aromatic carbocycles. The molecule has 0 bridgehead atoms. The van der Waals surface area contributed by atoms with Crippen LogP contribution in [0.4, 0.5) is 10.8 Å². The topological polar surface area (TPSA) is 114 Å². The van der Waals surface area contributed by atoms with Crippen molar-refractivity contribution in [1.29, 1.82) is 0 Å². The molecule has 0 saturated carbocycles. The molecule has 0 fully saturated rings. The molecular weight excluding hydrogens is 494 g/mol. The third-order valence-corrected chi connectivity index (χ3v) is 8.46. The molecule has 0 atom stereocenters. The van der Waals surface area contributed by atoms with E-state index >= 15 is 0 Å². The van der Waals surface area contributed by atoms with Gasteiger partial charge in [0.25, 0.3) is 10.0 Å². The Labute approximate surface area is 205 Å². The van der Waals surface area contributed by atoms with Gasteiger partial charge in [0.1, 0.15) is 12.3 Å². The summed E-state index contributed by atoms with van der Waals surface area (Å²) in [5.41, 5.74) is 0.321. The van der Waals surface area contributed by atoms with Crippen LogP contribution in [0.2, 0.25) is 0 Å². The zero-order valence-electron chi connectivity index (χ0n) is 18.3. The number of nitrogens with one attached hydrogen (secondary N) is 1. The molecule has 176 valence electrons. The number of pyridine rings is 1. The van der Waals surface area contributed by atoms with Gasteiger partial charge in [0, 0.05) is 23.2 Å². The number of nitrogens with zero attached hydrogens (tertiary/aromatic N) is 4. The number of hydrogen-bond donors (Lipinski definition) is 1. The SMILES string of the molecule is CCSc1nnc(NC(=O)CN(c2ccc(OC)cc2)S(=O)(=O)c2cccc3cnccc23)s1. The van der Waals surface area contributed by atoms with Crippen molar-refractivity contribution in [1.82, 2.24) is 15.2 Å². The van der Waals surface area contributed by atoms with Crippen LogP contribution >= 0.6 is 23.1 Å². The minimum absolute atomic E-state index is 0.0774. The van der Waals surface area contributed by atoms with Crippen molar-refractivity contribution in [3.63, 3.8) is 0 Å². The van der Waals surface area contributed by atoms with Crippen LogP contribution < -0.4 is 14.4 Å². The number of thioether (sulfide) groups is 1. The average Bonchev–Trinajstić information content (AvgIpc) is 3.29. The number of methoxy groups -OCH3 is 1. The first-order chi connectivity index (χ1) is 16.4. The Kier molecular flexibility index (Phi) is 7.29. The molecule has 2 aromatic heterocycles. The smallest absolute Gasteiger partial charge is 0.265 e. The molecule has 9 nitrogen and oxygen atoms in total. The number of benzene rings is 2. The number of aromatic nitrogens is 3. The minimum Gasteiger partial charge on any atom is -0.497 e. The molecule has 0 aliphatic heterocycles. The Balaban J connectivity index is 1.70. The van der Waals surface area contributed by atoms with E-state index in [-0.39, 0.29) is 4.90 Å². The Bertz CT molecular complexity index is 1400. The van der Waals surface area contributed by atoms with Gasteiger partial charge in [-0.2, -0.15) is 0 Å². The number of anilines is 2. The third-order valence-electron chi connectivity index (χ3n) is 4.78. The Hall–Kier alpha value is -3.22. The van der Waals surface area contributed by atoms with Crippen LogP contribution in [0.5, 0.6) is 5.75 Å². The highest BCUT2D eigenvalue weighted by Gasteiger charge is 2.29. The molecule has 12 heteroatoms. The lowest BCUT2D eigenvalue weighted by molar-refractivity contribution is -0.114. The van der Waals surface area contributed by atoms with E-state index in [2.05, 4.69) is 20.5 Å².